The molecule has 1 aliphatic carbocycles. The van der Waals surface area contributed by atoms with E-state index in [4.69, 9.17) is 16.3 Å². The van der Waals surface area contributed by atoms with Crippen LogP contribution in [0.2, 0.25) is 0 Å². The van der Waals surface area contributed by atoms with Gasteiger partial charge in [-0.05, 0) is 29.7 Å². The molecule has 2 rings (SSSR count). The molecule has 3 atom stereocenters. The Labute approximate surface area is 138 Å². The minimum absolute atomic E-state index is 0.0468. The first kappa shape index (κ1) is 17.1. The van der Waals surface area contributed by atoms with Crippen LogP contribution < -0.4 is 0 Å². The van der Waals surface area contributed by atoms with Crippen molar-refractivity contribution in [3.05, 3.63) is 47.5 Å². The molecule has 0 amide bonds. The van der Waals surface area contributed by atoms with E-state index in [9.17, 15) is 4.79 Å². The molecule has 0 spiro atoms. The van der Waals surface area contributed by atoms with Crippen LogP contribution in [0.25, 0.3) is 0 Å². The van der Waals surface area contributed by atoms with E-state index >= 15 is 0 Å². The van der Waals surface area contributed by atoms with Crippen LogP contribution in [0.4, 0.5) is 0 Å². The predicted molar refractivity (Wildman–Crippen MR) is 90.8 cm³/mol. The molecule has 22 heavy (non-hydrogen) atoms. The Bertz CT molecular complexity index is 536. The summed E-state index contributed by atoms with van der Waals surface area (Å²) >= 11 is 5.69. The summed E-state index contributed by atoms with van der Waals surface area (Å²) in [5.74, 6) is 0.352. The minimum Gasteiger partial charge on any atom is -0.458 e. The van der Waals surface area contributed by atoms with Gasteiger partial charge in [0.05, 0.1) is 0 Å². The largest absolute Gasteiger partial charge is 0.458 e. The van der Waals surface area contributed by atoms with Crippen LogP contribution in [0.1, 0.15) is 45.6 Å². The van der Waals surface area contributed by atoms with E-state index < -0.39 is 5.97 Å². The lowest BCUT2D eigenvalue weighted by atomic mass is 9.64. The van der Waals surface area contributed by atoms with Crippen LogP contribution in [0.5, 0.6) is 0 Å². The molecule has 0 saturated heterocycles. The van der Waals surface area contributed by atoms with Crippen molar-refractivity contribution in [3.8, 4) is 0 Å². The standard InChI is InChI=1S/C19H25ClO2/c1-13-10-11-16(17(12-13)22-18(21)14(2)20)19(3,4)15-8-6-5-7-9-15/h5-9,13,16-17H,2,10-12H2,1,3-4H3/t13-,16-,17?/m1/s1. The number of carbonyl (C=O) groups excluding carboxylic acids is 1. The van der Waals surface area contributed by atoms with Gasteiger partial charge in [-0.2, -0.15) is 0 Å². The van der Waals surface area contributed by atoms with Crippen molar-refractivity contribution in [1.29, 1.82) is 0 Å². The Morgan fingerprint density at radius 2 is 1.91 bits per heavy atom. The Balaban J connectivity index is 2.25. The van der Waals surface area contributed by atoms with Gasteiger partial charge < -0.3 is 4.74 Å². The summed E-state index contributed by atoms with van der Waals surface area (Å²) in [5, 5.41) is -0.0468. The van der Waals surface area contributed by atoms with E-state index in [1.54, 1.807) is 0 Å². The average molecular weight is 321 g/mol. The number of ether oxygens (including phenoxy) is 1. The molecular weight excluding hydrogens is 296 g/mol. The molecule has 0 N–H and O–H groups in total. The van der Waals surface area contributed by atoms with Crippen LogP contribution in [-0.2, 0) is 14.9 Å². The SMILES string of the molecule is C=C(Cl)C(=O)OC1C[C@H](C)CC[C@H]1C(C)(C)c1ccccc1. The van der Waals surface area contributed by atoms with Crippen molar-refractivity contribution in [2.75, 3.05) is 0 Å². The fraction of sp³-hybridized carbons (Fsp3) is 0.526. The van der Waals surface area contributed by atoms with Crippen molar-refractivity contribution in [2.45, 2.75) is 51.6 Å². The van der Waals surface area contributed by atoms with Gasteiger partial charge in [0.25, 0.3) is 0 Å². The van der Waals surface area contributed by atoms with Crippen molar-refractivity contribution in [3.63, 3.8) is 0 Å². The molecule has 120 valence electrons. The number of halogens is 1. The number of hydrogen-bond donors (Lipinski definition) is 0. The van der Waals surface area contributed by atoms with Gasteiger partial charge >= 0.3 is 5.97 Å². The van der Waals surface area contributed by atoms with Gasteiger partial charge in [-0.15, -0.1) is 0 Å². The molecule has 0 aliphatic heterocycles. The fourth-order valence-electron chi connectivity index (χ4n) is 3.57. The second-order valence-electron chi connectivity index (χ2n) is 6.96. The van der Waals surface area contributed by atoms with Gasteiger partial charge in [0.1, 0.15) is 11.1 Å². The zero-order chi connectivity index (χ0) is 16.3. The smallest absolute Gasteiger partial charge is 0.349 e. The molecular formula is C19H25ClO2. The first-order valence-electron chi connectivity index (χ1n) is 7.93. The summed E-state index contributed by atoms with van der Waals surface area (Å²) in [6.07, 6.45) is 2.99. The highest BCUT2D eigenvalue weighted by Crippen LogP contribution is 2.43. The van der Waals surface area contributed by atoms with E-state index in [0.717, 1.165) is 19.3 Å². The third-order valence-corrected chi connectivity index (χ3v) is 5.13. The highest BCUT2D eigenvalue weighted by molar-refractivity contribution is 6.40. The van der Waals surface area contributed by atoms with E-state index in [1.807, 2.05) is 6.07 Å². The summed E-state index contributed by atoms with van der Waals surface area (Å²) in [4.78, 5) is 11.9. The van der Waals surface area contributed by atoms with Gasteiger partial charge in [-0.25, -0.2) is 4.79 Å². The molecule has 1 fully saturated rings. The highest BCUT2D eigenvalue weighted by atomic mass is 35.5. The van der Waals surface area contributed by atoms with Crippen molar-refractivity contribution in [2.24, 2.45) is 11.8 Å². The number of benzene rings is 1. The molecule has 1 saturated carbocycles. The van der Waals surface area contributed by atoms with Crippen LogP contribution in [-0.4, -0.2) is 12.1 Å². The number of rotatable bonds is 4. The Morgan fingerprint density at radius 1 is 1.27 bits per heavy atom. The lowest BCUT2D eigenvalue weighted by Crippen LogP contribution is -2.43. The van der Waals surface area contributed by atoms with Crippen LogP contribution in [0.15, 0.2) is 41.9 Å². The fourth-order valence-corrected chi connectivity index (χ4v) is 3.61. The third kappa shape index (κ3) is 3.73. The third-order valence-electron chi connectivity index (χ3n) is 4.98. The van der Waals surface area contributed by atoms with E-state index in [2.05, 4.69) is 51.6 Å². The molecule has 1 unspecified atom stereocenters. The van der Waals surface area contributed by atoms with Gasteiger partial charge in [0, 0.05) is 5.92 Å². The van der Waals surface area contributed by atoms with Crippen LogP contribution in [0, 0.1) is 11.8 Å². The highest BCUT2D eigenvalue weighted by Gasteiger charge is 2.42. The first-order chi connectivity index (χ1) is 10.3. The zero-order valence-electron chi connectivity index (χ0n) is 13.6. The number of hydrogen-bond acceptors (Lipinski definition) is 2. The summed E-state index contributed by atoms with van der Waals surface area (Å²) in [6.45, 7) is 10.2. The van der Waals surface area contributed by atoms with Gasteiger partial charge in [-0.1, -0.05) is 75.7 Å². The Hall–Kier alpha value is -1.28. The summed E-state index contributed by atoms with van der Waals surface area (Å²) in [7, 11) is 0. The average Bonchev–Trinajstić information content (AvgIpc) is 2.47. The lowest BCUT2D eigenvalue weighted by molar-refractivity contribution is -0.150. The molecule has 0 heterocycles. The second kappa shape index (κ2) is 6.87. The summed E-state index contributed by atoms with van der Waals surface area (Å²) in [6, 6.07) is 10.4. The molecule has 1 aliphatic rings. The monoisotopic (exact) mass is 320 g/mol. The number of carbonyl (C=O) groups is 1. The molecule has 3 heteroatoms. The quantitative estimate of drug-likeness (QED) is 0.572. The lowest BCUT2D eigenvalue weighted by Gasteiger charge is -2.43. The predicted octanol–water partition coefficient (Wildman–Crippen LogP) is 5.06. The Morgan fingerprint density at radius 3 is 2.50 bits per heavy atom. The van der Waals surface area contributed by atoms with Gasteiger partial charge in [-0.3, -0.25) is 0 Å². The summed E-state index contributed by atoms with van der Waals surface area (Å²) < 4.78 is 5.67. The van der Waals surface area contributed by atoms with Crippen molar-refractivity contribution < 1.29 is 9.53 Å². The molecule has 0 radical (unpaired) electrons. The maximum Gasteiger partial charge on any atom is 0.349 e. The van der Waals surface area contributed by atoms with E-state index in [0.29, 0.717) is 5.92 Å². The van der Waals surface area contributed by atoms with E-state index in [-0.39, 0.29) is 22.5 Å². The van der Waals surface area contributed by atoms with Crippen LogP contribution in [0.3, 0.4) is 0 Å². The molecule has 2 nitrogen and oxygen atoms in total. The maximum absolute atomic E-state index is 11.9. The van der Waals surface area contributed by atoms with Gasteiger partial charge in [0.15, 0.2) is 0 Å². The first-order valence-corrected chi connectivity index (χ1v) is 8.31. The molecule has 0 aromatic heterocycles. The maximum atomic E-state index is 11.9. The molecule has 1 aromatic rings. The topological polar surface area (TPSA) is 26.3 Å². The number of esters is 1. The van der Waals surface area contributed by atoms with Crippen molar-refractivity contribution in [1.82, 2.24) is 0 Å². The van der Waals surface area contributed by atoms with Gasteiger partial charge in [0.2, 0.25) is 0 Å². The normalized spacial score (nSPS) is 25.5. The zero-order valence-corrected chi connectivity index (χ0v) is 14.4. The molecule has 1 aromatic carbocycles. The second-order valence-corrected chi connectivity index (χ2v) is 7.42. The Kier molecular flexibility index (Phi) is 5.33. The minimum atomic E-state index is -0.491. The van der Waals surface area contributed by atoms with E-state index in [1.165, 1.54) is 5.56 Å². The van der Waals surface area contributed by atoms with Crippen LogP contribution >= 0.6 is 11.6 Å². The van der Waals surface area contributed by atoms with Crippen molar-refractivity contribution >= 4 is 17.6 Å². The summed E-state index contributed by atoms with van der Waals surface area (Å²) in [5.41, 5.74) is 1.22. The molecule has 0 bridgehead atoms.